The van der Waals surface area contributed by atoms with Gasteiger partial charge in [-0.25, -0.2) is 12.7 Å². The van der Waals surface area contributed by atoms with Crippen LogP contribution in [0.4, 0.5) is 5.69 Å². The van der Waals surface area contributed by atoms with E-state index in [9.17, 15) is 13.2 Å². The van der Waals surface area contributed by atoms with Gasteiger partial charge in [0.25, 0.3) is 5.91 Å². The number of nitrogens with zero attached hydrogens (tertiary/aromatic N) is 1. The molecule has 170 valence electrons. The summed E-state index contributed by atoms with van der Waals surface area (Å²) < 4.78 is 26.0. The molecule has 0 aromatic heterocycles. The van der Waals surface area contributed by atoms with Crippen LogP contribution < -0.4 is 5.32 Å². The Hall–Kier alpha value is -1.89. The maximum Gasteiger partial charge on any atom is 0.257 e. The lowest BCUT2D eigenvalue weighted by Crippen LogP contribution is -2.48. The first-order chi connectivity index (χ1) is 15.2. The van der Waals surface area contributed by atoms with Crippen molar-refractivity contribution in [2.75, 3.05) is 19.4 Å². The van der Waals surface area contributed by atoms with Gasteiger partial charge in [-0.1, -0.05) is 23.7 Å². The fourth-order valence-electron chi connectivity index (χ4n) is 6.62. The van der Waals surface area contributed by atoms with Crippen LogP contribution in [-0.2, 0) is 15.4 Å². The van der Waals surface area contributed by atoms with Gasteiger partial charge in [-0.05, 0) is 97.6 Å². The summed E-state index contributed by atoms with van der Waals surface area (Å²) in [4.78, 5) is 12.9. The minimum atomic E-state index is -3.66. The lowest BCUT2D eigenvalue weighted by atomic mass is 9.48. The van der Waals surface area contributed by atoms with Crippen LogP contribution in [0.15, 0.2) is 47.4 Å². The minimum absolute atomic E-state index is 0.0363. The summed E-state index contributed by atoms with van der Waals surface area (Å²) in [6.07, 6.45) is 8.14. The molecule has 1 amide bonds. The van der Waals surface area contributed by atoms with Gasteiger partial charge in [0.1, 0.15) is 0 Å². The number of sulfonamides is 1. The second kappa shape index (κ2) is 7.86. The lowest BCUT2D eigenvalue weighted by molar-refractivity contribution is -0.00518. The number of carbonyl (C=O) groups excluding carboxylic acids is 1. The molecule has 0 unspecified atom stereocenters. The van der Waals surface area contributed by atoms with E-state index in [1.807, 2.05) is 12.1 Å². The first kappa shape index (κ1) is 21.9. The first-order valence-electron chi connectivity index (χ1n) is 11.3. The van der Waals surface area contributed by atoms with Crippen molar-refractivity contribution >= 4 is 33.2 Å². The standard InChI is InChI=1S/C25H29ClN2O3S/c1-28(2)32(30,31)21-7-8-23(26)22(12-21)24(29)27-20-5-3-19(4-6-20)25-13-16-9-17(14-25)11-18(10-16)15-25/h3-8,12,16-18H,9-11,13-15H2,1-2H3,(H,27,29). The summed E-state index contributed by atoms with van der Waals surface area (Å²) in [6.45, 7) is 0. The Kier molecular flexibility index (Phi) is 5.38. The predicted octanol–water partition coefficient (Wildman–Crippen LogP) is 5.31. The van der Waals surface area contributed by atoms with Gasteiger partial charge in [0.05, 0.1) is 15.5 Å². The van der Waals surface area contributed by atoms with Gasteiger partial charge in [0.2, 0.25) is 10.0 Å². The third-order valence-electron chi connectivity index (χ3n) is 7.75. The van der Waals surface area contributed by atoms with Crippen LogP contribution in [-0.4, -0.2) is 32.7 Å². The summed E-state index contributed by atoms with van der Waals surface area (Å²) in [5.41, 5.74) is 2.53. The van der Waals surface area contributed by atoms with Crippen molar-refractivity contribution in [2.24, 2.45) is 17.8 Å². The Bertz CT molecular complexity index is 1120. The molecule has 6 rings (SSSR count). The fraction of sp³-hybridized carbons (Fsp3) is 0.480. The van der Waals surface area contributed by atoms with Gasteiger partial charge in [0.15, 0.2) is 0 Å². The molecule has 0 saturated heterocycles. The van der Waals surface area contributed by atoms with Crippen molar-refractivity contribution in [3.63, 3.8) is 0 Å². The number of rotatable bonds is 5. The largest absolute Gasteiger partial charge is 0.322 e. The fourth-order valence-corrected chi connectivity index (χ4v) is 7.75. The molecule has 4 aliphatic carbocycles. The van der Waals surface area contributed by atoms with Crippen LogP contribution in [0.3, 0.4) is 0 Å². The van der Waals surface area contributed by atoms with Crippen LogP contribution in [0.1, 0.15) is 54.4 Å². The number of hydrogen-bond acceptors (Lipinski definition) is 3. The van der Waals surface area contributed by atoms with Gasteiger partial charge in [0, 0.05) is 19.8 Å². The van der Waals surface area contributed by atoms with E-state index in [-0.39, 0.29) is 15.5 Å². The Morgan fingerprint density at radius 2 is 1.53 bits per heavy atom. The minimum Gasteiger partial charge on any atom is -0.322 e. The number of amides is 1. The molecule has 5 nitrogen and oxygen atoms in total. The van der Waals surface area contributed by atoms with Gasteiger partial charge >= 0.3 is 0 Å². The first-order valence-corrected chi connectivity index (χ1v) is 13.1. The van der Waals surface area contributed by atoms with E-state index in [2.05, 4.69) is 17.4 Å². The summed E-state index contributed by atoms with van der Waals surface area (Å²) in [7, 11) is -0.749. The lowest BCUT2D eigenvalue weighted by Gasteiger charge is -2.57. The summed E-state index contributed by atoms with van der Waals surface area (Å²) >= 11 is 6.22. The molecular weight excluding hydrogens is 444 g/mol. The van der Waals surface area contributed by atoms with Crippen LogP contribution in [0.5, 0.6) is 0 Å². The number of anilines is 1. The van der Waals surface area contributed by atoms with Crippen LogP contribution in [0, 0.1) is 17.8 Å². The number of halogens is 1. The summed E-state index contributed by atoms with van der Waals surface area (Å²) in [5, 5.41) is 3.09. The van der Waals surface area contributed by atoms with Crippen molar-refractivity contribution in [1.82, 2.24) is 4.31 Å². The van der Waals surface area contributed by atoms with E-state index >= 15 is 0 Å². The molecule has 4 bridgehead atoms. The third-order valence-corrected chi connectivity index (χ3v) is 9.90. The van der Waals surface area contributed by atoms with Gasteiger partial charge in [-0.2, -0.15) is 0 Å². The highest BCUT2D eigenvalue weighted by Crippen LogP contribution is 2.60. The molecular formula is C25H29ClN2O3S. The molecule has 4 fully saturated rings. The van der Waals surface area contributed by atoms with E-state index in [4.69, 9.17) is 11.6 Å². The van der Waals surface area contributed by atoms with Crippen LogP contribution in [0.2, 0.25) is 5.02 Å². The van der Waals surface area contributed by atoms with Gasteiger partial charge in [-0.15, -0.1) is 0 Å². The zero-order chi connectivity index (χ0) is 22.7. The molecule has 0 atom stereocenters. The molecule has 4 aliphatic rings. The molecule has 0 spiro atoms. The SMILES string of the molecule is CN(C)S(=O)(=O)c1ccc(Cl)c(C(=O)Nc2ccc(C34CC5CC(CC(C5)C3)C4)cc2)c1. The van der Waals surface area contributed by atoms with Gasteiger partial charge < -0.3 is 5.32 Å². The Labute approximate surface area is 195 Å². The molecule has 0 heterocycles. The maximum absolute atomic E-state index is 12.9. The van der Waals surface area contributed by atoms with Crippen molar-refractivity contribution in [3.05, 3.63) is 58.6 Å². The Balaban J connectivity index is 1.35. The quantitative estimate of drug-likeness (QED) is 0.641. The topological polar surface area (TPSA) is 66.5 Å². The number of hydrogen-bond donors (Lipinski definition) is 1. The number of nitrogens with one attached hydrogen (secondary N) is 1. The van der Waals surface area contributed by atoms with E-state index in [0.29, 0.717) is 11.1 Å². The molecule has 1 N–H and O–H groups in total. The highest BCUT2D eigenvalue weighted by molar-refractivity contribution is 7.89. The van der Waals surface area contributed by atoms with Crippen LogP contribution in [0.25, 0.3) is 0 Å². The predicted molar refractivity (Wildman–Crippen MR) is 127 cm³/mol. The van der Waals surface area contributed by atoms with Gasteiger partial charge in [-0.3, -0.25) is 4.79 Å². The molecule has 2 aromatic carbocycles. The molecule has 0 radical (unpaired) electrons. The maximum atomic E-state index is 12.9. The molecule has 7 heteroatoms. The van der Waals surface area contributed by atoms with Crippen molar-refractivity contribution in [2.45, 2.75) is 48.8 Å². The number of benzene rings is 2. The van der Waals surface area contributed by atoms with Crippen LogP contribution >= 0.6 is 11.6 Å². The molecule has 32 heavy (non-hydrogen) atoms. The second-order valence-corrected chi connectivity index (χ2v) is 12.7. The molecule has 4 saturated carbocycles. The smallest absolute Gasteiger partial charge is 0.257 e. The van der Waals surface area contributed by atoms with Crippen molar-refractivity contribution < 1.29 is 13.2 Å². The Morgan fingerprint density at radius 1 is 0.969 bits per heavy atom. The van der Waals surface area contributed by atoms with E-state index in [0.717, 1.165) is 22.1 Å². The van der Waals surface area contributed by atoms with E-state index in [1.165, 1.54) is 76.4 Å². The monoisotopic (exact) mass is 472 g/mol. The zero-order valence-corrected chi connectivity index (χ0v) is 20.0. The number of carbonyl (C=O) groups is 1. The van der Waals surface area contributed by atoms with Crippen molar-refractivity contribution in [3.8, 4) is 0 Å². The zero-order valence-electron chi connectivity index (χ0n) is 18.5. The molecule has 0 aliphatic heterocycles. The summed E-state index contributed by atoms with van der Waals surface area (Å²) in [6, 6.07) is 12.4. The highest BCUT2D eigenvalue weighted by Gasteiger charge is 2.51. The van der Waals surface area contributed by atoms with E-state index in [1.54, 1.807) is 0 Å². The normalized spacial score (nSPS) is 28.8. The average Bonchev–Trinajstić information content (AvgIpc) is 2.73. The second-order valence-electron chi connectivity index (χ2n) is 10.2. The molecule has 2 aromatic rings. The summed E-state index contributed by atoms with van der Waals surface area (Å²) in [5.74, 6) is 2.23. The van der Waals surface area contributed by atoms with E-state index < -0.39 is 15.9 Å². The highest BCUT2D eigenvalue weighted by atomic mass is 35.5. The Morgan fingerprint density at radius 3 is 2.06 bits per heavy atom. The third kappa shape index (κ3) is 3.76. The van der Waals surface area contributed by atoms with Crippen molar-refractivity contribution in [1.29, 1.82) is 0 Å². The average molecular weight is 473 g/mol.